The smallest absolute Gasteiger partial charge is 0.134 e. The maximum absolute atomic E-state index is 11.0. The number of rotatable bonds is 4. The van der Waals surface area contributed by atoms with E-state index in [0.717, 1.165) is 23.1 Å². The fraction of sp³-hybridized carbons (Fsp3) is 0.562. The van der Waals surface area contributed by atoms with Crippen LogP contribution in [0.15, 0.2) is 24.3 Å². The number of hydrogen-bond acceptors (Lipinski definition) is 2. The van der Waals surface area contributed by atoms with Crippen LogP contribution in [0.25, 0.3) is 0 Å². The quantitative estimate of drug-likeness (QED) is 0.811. The minimum atomic E-state index is 0.205. The van der Waals surface area contributed by atoms with E-state index in [1.54, 1.807) is 6.92 Å². The van der Waals surface area contributed by atoms with E-state index in [1.807, 2.05) is 24.3 Å². The molecule has 2 bridgehead atoms. The van der Waals surface area contributed by atoms with Crippen LogP contribution in [-0.4, -0.2) is 11.9 Å². The zero-order valence-electron chi connectivity index (χ0n) is 10.9. The number of carbonyl (C=O) groups is 1. The Kier molecular flexibility index (Phi) is 3.11. The van der Waals surface area contributed by atoms with Gasteiger partial charge in [0.15, 0.2) is 0 Å². The Bertz CT molecular complexity index is 435. The summed E-state index contributed by atoms with van der Waals surface area (Å²) in [6.07, 6.45) is 6.31. The molecule has 2 saturated carbocycles. The molecule has 0 aromatic heterocycles. The van der Waals surface area contributed by atoms with Gasteiger partial charge in [0.2, 0.25) is 0 Å². The minimum Gasteiger partial charge on any atom is -0.490 e. The molecule has 1 aromatic rings. The summed E-state index contributed by atoms with van der Waals surface area (Å²) in [4.78, 5) is 11.0. The molecule has 0 saturated heterocycles. The molecule has 2 nitrogen and oxygen atoms in total. The van der Waals surface area contributed by atoms with Crippen LogP contribution in [0.5, 0.6) is 5.75 Å². The lowest BCUT2D eigenvalue weighted by molar-refractivity contribution is -0.116. The molecule has 0 amide bonds. The summed E-state index contributed by atoms with van der Waals surface area (Å²) in [5.74, 6) is 2.86. The number of carbonyl (C=O) groups excluding carboxylic acids is 1. The Hall–Kier alpha value is -1.31. The van der Waals surface area contributed by atoms with Crippen molar-refractivity contribution in [2.75, 3.05) is 0 Å². The molecule has 1 aromatic carbocycles. The van der Waals surface area contributed by atoms with Gasteiger partial charge in [-0.05, 0) is 62.1 Å². The summed E-state index contributed by atoms with van der Waals surface area (Å²) in [7, 11) is 0. The summed E-state index contributed by atoms with van der Waals surface area (Å²) >= 11 is 0. The van der Waals surface area contributed by atoms with E-state index in [1.165, 1.54) is 25.7 Å². The fourth-order valence-corrected chi connectivity index (χ4v) is 3.48. The zero-order chi connectivity index (χ0) is 12.5. The Morgan fingerprint density at radius 3 is 2.56 bits per heavy atom. The number of Topliss-reactive ketones (excluding diaryl/α,β-unsaturated/α-hetero) is 1. The average molecular weight is 244 g/mol. The van der Waals surface area contributed by atoms with Crippen LogP contribution in [0, 0.1) is 11.8 Å². The molecule has 0 N–H and O–H groups in total. The van der Waals surface area contributed by atoms with Gasteiger partial charge in [-0.2, -0.15) is 0 Å². The van der Waals surface area contributed by atoms with Gasteiger partial charge in [-0.15, -0.1) is 0 Å². The van der Waals surface area contributed by atoms with Crippen LogP contribution < -0.4 is 4.74 Å². The van der Waals surface area contributed by atoms with E-state index >= 15 is 0 Å². The molecule has 3 atom stereocenters. The summed E-state index contributed by atoms with van der Waals surface area (Å²) in [5, 5.41) is 0. The summed E-state index contributed by atoms with van der Waals surface area (Å²) in [6, 6.07) is 8.02. The molecule has 3 rings (SSSR count). The van der Waals surface area contributed by atoms with Crippen molar-refractivity contribution in [2.24, 2.45) is 11.8 Å². The van der Waals surface area contributed by atoms with E-state index in [2.05, 4.69) is 0 Å². The van der Waals surface area contributed by atoms with Crippen LogP contribution in [0.3, 0.4) is 0 Å². The number of fused-ring (bicyclic) bond motifs is 2. The molecule has 2 fully saturated rings. The van der Waals surface area contributed by atoms with Crippen molar-refractivity contribution < 1.29 is 9.53 Å². The van der Waals surface area contributed by atoms with Crippen LogP contribution in [0.2, 0.25) is 0 Å². The van der Waals surface area contributed by atoms with E-state index < -0.39 is 0 Å². The lowest BCUT2D eigenvalue weighted by Crippen LogP contribution is -2.23. The molecule has 2 aliphatic rings. The third-order valence-corrected chi connectivity index (χ3v) is 4.34. The van der Waals surface area contributed by atoms with Gasteiger partial charge in [-0.3, -0.25) is 4.79 Å². The molecule has 2 heteroatoms. The molecule has 2 aliphatic carbocycles. The van der Waals surface area contributed by atoms with E-state index in [-0.39, 0.29) is 5.78 Å². The molecule has 0 heterocycles. The maximum atomic E-state index is 11.0. The first-order chi connectivity index (χ1) is 8.70. The highest BCUT2D eigenvalue weighted by Crippen LogP contribution is 2.45. The molecule has 0 spiro atoms. The van der Waals surface area contributed by atoms with Gasteiger partial charge >= 0.3 is 0 Å². The predicted octanol–water partition coefficient (Wildman–Crippen LogP) is 3.39. The summed E-state index contributed by atoms with van der Waals surface area (Å²) in [5.41, 5.74) is 1.07. The van der Waals surface area contributed by atoms with Crippen molar-refractivity contribution in [3.63, 3.8) is 0 Å². The molecular weight excluding hydrogens is 224 g/mol. The Morgan fingerprint density at radius 1 is 1.22 bits per heavy atom. The number of hydrogen-bond donors (Lipinski definition) is 0. The van der Waals surface area contributed by atoms with Crippen molar-refractivity contribution in [3.8, 4) is 5.75 Å². The van der Waals surface area contributed by atoms with Crippen LogP contribution in [0.1, 0.15) is 38.2 Å². The van der Waals surface area contributed by atoms with Crippen molar-refractivity contribution in [1.82, 2.24) is 0 Å². The van der Waals surface area contributed by atoms with Gasteiger partial charge < -0.3 is 4.74 Å². The summed E-state index contributed by atoms with van der Waals surface area (Å²) < 4.78 is 6.08. The van der Waals surface area contributed by atoms with Crippen molar-refractivity contribution in [1.29, 1.82) is 0 Å². The molecule has 3 unspecified atom stereocenters. The first kappa shape index (κ1) is 11.8. The van der Waals surface area contributed by atoms with Crippen molar-refractivity contribution in [2.45, 2.75) is 45.1 Å². The molecule has 0 aliphatic heterocycles. The topological polar surface area (TPSA) is 26.3 Å². The monoisotopic (exact) mass is 244 g/mol. The largest absolute Gasteiger partial charge is 0.490 e. The number of ether oxygens (including phenoxy) is 1. The van der Waals surface area contributed by atoms with E-state index in [4.69, 9.17) is 4.74 Å². The lowest BCUT2D eigenvalue weighted by Gasteiger charge is -2.23. The van der Waals surface area contributed by atoms with Crippen LogP contribution in [0.4, 0.5) is 0 Å². The SMILES string of the molecule is CC(=O)Cc1ccc(OC2CC3CCC2C3)cc1. The molecule has 0 radical (unpaired) electrons. The van der Waals surface area contributed by atoms with Crippen LogP contribution >= 0.6 is 0 Å². The average Bonchev–Trinajstić information content (AvgIpc) is 2.93. The Labute approximate surface area is 108 Å². The minimum absolute atomic E-state index is 0.205. The first-order valence-corrected chi connectivity index (χ1v) is 6.96. The van der Waals surface area contributed by atoms with Crippen molar-refractivity contribution in [3.05, 3.63) is 29.8 Å². The highest BCUT2D eigenvalue weighted by Gasteiger charge is 2.40. The third-order valence-electron chi connectivity index (χ3n) is 4.34. The van der Waals surface area contributed by atoms with Gasteiger partial charge in [0.05, 0.1) is 0 Å². The molecule has 18 heavy (non-hydrogen) atoms. The second-order valence-electron chi connectivity index (χ2n) is 5.85. The normalized spacial score (nSPS) is 29.5. The highest BCUT2D eigenvalue weighted by molar-refractivity contribution is 5.78. The van der Waals surface area contributed by atoms with Gasteiger partial charge in [-0.1, -0.05) is 12.1 Å². The van der Waals surface area contributed by atoms with Gasteiger partial charge in [0, 0.05) is 6.42 Å². The van der Waals surface area contributed by atoms with Crippen LogP contribution in [-0.2, 0) is 11.2 Å². The fourth-order valence-electron chi connectivity index (χ4n) is 3.48. The molecule has 96 valence electrons. The van der Waals surface area contributed by atoms with Gasteiger partial charge in [0.25, 0.3) is 0 Å². The molecular formula is C16H20O2. The van der Waals surface area contributed by atoms with Gasteiger partial charge in [-0.25, -0.2) is 0 Å². The number of benzene rings is 1. The second-order valence-corrected chi connectivity index (χ2v) is 5.85. The van der Waals surface area contributed by atoms with E-state index in [0.29, 0.717) is 12.5 Å². The summed E-state index contributed by atoms with van der Waals surface area (Å²) in [6.45, 7) is 1.62. The Morgan fingerprint density at radius 2 is 2.00 bits per heavy atom. The first-order valence-electron chi connectivity index (χ1n) is 6.96. The van der Waals surface area contributed by atoms with Gasteiger partial charge in [0.1, 0.15) is 17.6 Å². The second kappa shape index (κ2) is 4.75. The lowest BCUT2D eigenvalue weighted by atomic mass is 9.98. The maximum Gasteiger partial charge on any atom is 0.134 e. The van der Waals surface area contributed by atoms with Crippen molar-refractivity contribution >= 4 is 5.78 Å². The number of ketones is 1. The standard InChI is InChI=1S/C16H20O2/c1-11(17)8-12-3-6-15(7-4-12)18-16-10-13-2-5-14(16)9-13/h3-4,6-7,13-14,16H,2,5,8-10H2,1H3. The zero-order valence-corrected chi connectivity index (χ0v) is 10.9. The highest BCUT2D eigenvalue weighted by atomic mass is 16.5. The van der Waals surface area contributed by atoms with E-state index in [9.17, 15) is 4.79 Å². The Balaban J connectivity index is 1.61. The third kappa shape index (κ3) is 2.43. The predicted molar refractivity (Wildman–Crippen MR) is 70.7 cm³/mol.